The quantitative estimate of drug-likeness (QED) is 0.386. The Morgan fingerprint density at radius 1 is 1.19 bits per heavy atom. The van der Waals surface area contributed by atoms with Crippen LogP contribution >= 0.6 is 0 Å². The van der Waals surface area contributed by atoms with Crippen LogP contribution in [0.15, 0.2) is 35.7 Å². The molecule has 1 aliphatic heterocycles. The molecule has 166 valence electrons. The summed E-state index contributed by atoms with van der Waals surface area (Å²) < 4.78 is 16.2. The summed E-state index contributed by atoms with van der Waals surface area (Å²) in [6.07, 6.45) is 1.55. The van der Waals surface area contributed by atoms with Gasteiger partial charge in [0.05, 0.1) is 11.3 Å². The van der Waals surface area contributed by atoms with E-state index in [2.05, 4.69) is 15.1 Å². The van der Waals surface area contributed by atoms with E-state index in [0.29, 0.717) is 54.7 Å². The molecule has 10 nitrogen and oxygen atoms in total. The van der Waals surface area contributed by atoms with Gasteiger partial charge in [-0.1, -0.05) is 5.16 Å². The topological polar surface area (TPSA) is 116 Å². The molecule has 1 aromatic carbocycles. The van der Waals surface area contributed by atoms with Gasteiger partial charge in [-0.05, 0) is 43.7 Å². The summed E-state index contributed by atoms with van der Waals surface area (Å²) >= 11 is 0. The van der Waals surface area contributed by atoms with Crippen LogP contribution in [0.1, 0.15) is 30.9 Å². The van der Waals surface area contributed by atoms with Gasteiger partial charge in [-0.2, -0.15) is 4.98 Å². The minimum Gasteiger partial charge on any atom is -0.474 e. The Hall–Kier alpha value is -3.40. The van der Waals surface area contributed by atoms with Crippen LogP contribution in [-0.2, 0) is 4.74 Å². The number of oxime groups is 1. The second kappa shape index (κ2) is 10.6. The number of piperidine rings is 1. The standard InChI is InChI=1S/C21H26N4O6/c1-14-19(30-18-8-10-25(11-9-18)21(26)27)22-12-23-20(14)31-24-15(2)16-4-6-17(7-5-16)29-13-28-3/h4-7,12,18H,8-11,13H2,1-3H3,(H,26,27). The van der Waals surface area contributed by atoms with Crippen LogP contribution in [0.2, 0.25) is 0 Å². The molecule has 0 bridgehead atoms. The predicted molar refractivity (Wildman–Crippen MR) is 112 cm³/mol. The van der Waals surface area contributed by atoms with Gasteiger partial charge in [-0.15, -0.1) is 0 Å². The number of ether oxygens (including phenoxy) is 3. The van der Waals surface area contributed by atoms with Crippen molar-refractivity contribution in [1.82, 2.24) is 14.9 Å². The zero-order valence-corrected chi connectivity index (χ0v) is 17.8. The van der Waals surface area contributed by atoms with Gasteiger partial charge in [-0.3, -0.25) is 0 Å². The predicted octanol–water partition coefficient (Wildman–Crippen LogP) is 3.09. The Morgan fingerprint density at radius 2 is 1.87 bits per heavy atom. The molecule has 1 aromatic heterocycles. The van der Waals surface area contributed by atoms with Crippen LogP contribution in [0.5, 0.6) is 17.5 Å². The lowest BCUT2D eigenvalue weighted by Gasteiger charge is -2.30. The molecule has 2 aromatic rings. The average Bonchev–Trinajstić information content (AvgIpc) is 2.78. The van der Waals surface area contributed by atoms with Gasteiger partial charge in [0.2, 0.25) is 5.88 Å². The number of amides is 1. The first-order chi connectivity index (χ1) is 15.0. The van der Waals surface area contributed by atoms with Crippen molar-refractivity contribution in [1.29, 1.82) is 0 Å². The Kier molecular flexibility index (Phi) is 7.60. The summed E-state index contributed by atoms with van der Waals surface area (Å²) in [7, 11) is 1.57. The van der Waals surface area contributed by atoms with E-state index in [1.807, 2.05) is 31.2 Å². The van der Waals surface area contributed by atoms with Crippen molar-refractivity contribution in [3.63, 3.8) is 0 Å². The molecule has 3 rings (SSSR count). The zero-order valence-electron chi connectivity index (χ0n) is 17.8. The van der Waals surface area contributed by atoms with Crippen LogP contribution in [0, 0.1) is 6.92 Å². The highest BCUT2D eigenvalue weighted by Gasteiger charge is 2.24. The summed E-state index contributed by atoms with van der Waals surface area (Å²) in [4.78, 5) is 26.3. The highest BCUT2D eigenvalue weighted by Crippen LogP contribution is 2.26. The normalized spacial score (nSPS) is 14.9. The number of rotatable bonds is 8. The van der Waals surface area contributed by atoms with E-state index in [4.69, 9.17) is 24.2 Å². The number of hydrogen-bond donors (Lipinski definition) is 1. The highest BCUT2D eigenvalue weighted by atomic mass is 16.7. The first-order valence-corrected chi connectivity index (χ1v) is 9.88. The van der Waals surface area contributed by atoms with Crippen LogP contribution in [-0.4, -0.2) is 64.9 Å². The van der Waals surface area contributed by atoms with Gasteiger partial charge in [0.1, 0.15) is 18.2 Å². The fourth-order valence-corrected chi connectivity index (χ4v) is 3.04. The summed E-state index contributed by atoms with van der Waals surface area (Å²) in [5.74, 6) is 1.40. The molecule has 1 N–H and O–H groups in total. The van der Waals surface area contributed by atoms with E-state index in [-0.39, 0.29) is 12.9 Å². The van der Waals surface area contributed by atoms with E-state index in [0.717, 1.165) is 5.56 Å². The van der Waals surface area contributed by atoms with Crippen LogP contribution in [0.25, 0.3) is 0 Å². The van der Waals surface area contributed by atoms with Gasteiger partial charge in [0, 0.05) is 33.0 Å². The maximum Gasteiger partial charge on any atom is 0.407 e. The maximum absolute atomic E-state index is 11.0. The second-order valence-corrected chi connectivity index (χ2v) is 7.04. The Bertz CT molecular complexity index is 911. The van der Waals surface area contributed by atoms with Crippen LogP contribution < -0.4 is 14.3 Å². The third-order valence-corrected chi connectivity index (χ3v) is 4.87. The maximum atomic E-state index is 11.0. The lowest BCUT2D eigenvalue weighted by atomic mass is 10.1. The van der Waals surface area contributed by atoms with E-state index in [1.165, 1.54) is 11.2 Å². The number of nitrogens with zero attached hydrogens (tertiary/aromatic N) is 4. The van der Waals surface area contributed by atoms with E-state index >= 15 is 0 Å². The van der Waals surface area contributed by atoms with E-state index in [9.17, 15) is 4.79 Å². The third-order valence-electron chi connectivity index (χ3n) is 4.87. The fraction of sp³-hybridized carbons (Fsp3) is 0.429. The van der Waals surface area contributed by atoms with Crippen molar-refractivity contribution in [2.75, 3.05) is 27.0 Å². The average molecular weight is 430 g/mol. The summed E-state index contributed by atoms with van der Waals surface area (Å²) in [5, 5.41) is 13.2. The SMILES string of the molecule is COCOc1ccc(C(C)=NOc2ncnc(OC3CCN(C(=O)O)CC3)c2C)cc1. The number of hydrogen-bond acceptors (Lipinski definition) is 8. The molecule has 0 aliphatic carbocycles. The number of carbonyl (C=O) groups is 1. The van der Waals surface area contributed by atoms with Gasteiger partial charge >= 0.3 is 6.09 Å². The summed E-state index contributed by atoms with van der Waals surface area (Å²) in [6, 6.07) is 7.39. The van der Waals surface area contributed by atoms with E-state index in [1.54, 1.807) is 14.0 Å². The molecule has 1 aliphatic rings. The summed E-state index contributed by atoms with van der Waals surface area (Å²) in [5.41, 5.74) is 2.17. The molecule has 0 atom stereocenters. The summed E-state index contributed by atoms with van der Waals surface area (Å²) in [6.45, 7) is 4.68. The van der Waals surface area contributed by atoms with Crippen molar-refractivity contribution in [2.24, 2.45) is 5.16 Å². The van der Waals surface area contributed by atoms with Crippen LogP contribution in [0.4, 0.5) is 4.79 Å². The van der Waals surface area contributed by atoms with Crippen LogP contribution in [0.3, 0.4) is 0 Å². The smallest absolute Gasteiger partial charge is 0.407 e. The van der Waals surface area contributed by atoms with Gasteiger partial charge < -0.3 is 29.1 Å². The van der Waals surface area contributed by atoms with E-state index < -0.39 is 6.09 Å². The minimum absolute atomic E-state index is 0.110. The number of aromatic nitrogens is 2. The molecular weight excluding hydrogens is 404 g/mol. The van der Waals surface area contributed by atoms with Gasteiger partial charge in [0.15, 0.2) is 6.79 Å². The third kappa shape index (κ3) is 6.05. The van der Waals surface area contributed by atoms with Crippen molar-refractivity contribution in [3.8, 4) is 17.5 Å². The number of carboxylic acid groups (broad SMARTS) is 1. The molecule has 31 heavy (non-hydrogen) atoms. The fourth-order valence-electron chi connectivity index (χ4n) is 3.04. The molecule has 1 saturated heterocycles. The number of methoxy groups -OCH3 is 1. The lowest BCUT2D eigenvalue weighted by Crippen LogP contribution is -2.41. The second-order valence-electron chi connectivity index (χ2n) is 7.04. The minimum atomic E-state index is -0.905. The molecule has 10 heteroatoms. The largest absolute Gasteiger partial charge is 0.474 e. The van der Waals surface area contributed by atoms with Crippen molar-refractivity contribution in [3.05, 3.63) is 41.7 Å². The van der Waals surface area contributed by atoms with Crippen molar-refractivity contribution < 1.29 is 28.9 Å². The monoisotopic (exact) mass is 430 g/mol. The molecule has 1 fully saturated rings. The molecule has 1 amide bonds. The molecular formula is C21H26N4O6. The molecule has 0 unspecified atom stereocenters. The Labute approximate surface area is 180 Å². The number of benzene rings is 1. The first kappa shape index (κ1) is 22.3. The highest BCUT2D eigenvalue weighted by molar-refractivity contribution is 5.98. The Morgan fingerprint density at radius 3 is 2.52 bits per heavy atom. The molecule has 2 heterocycles. The number of likely N-dealkylation sites (tertiary alicyclic amines) is 1. The van der Waals surface area contributed by atoms with Crippen molar-refractivity contribution >= 4 is 11.8 Å². The van der Waals surface area contributed by atoms with Gasteiger partial charge in [-0.25, -0.2) is 9.78 Å². The Balaban J connectivity index is 1.61. The molecule has 0 saturated carbocycles. The van der Waals surface area contributed by atoms with Crippen molar-refractivity contribution in [2.45, 2.75) is 32.8 Å². The first-order valence-electron chi connectivity index (χ1n) is 9.88. The molecule has 0 radical (unpaired) electrons. The molecule has 0 spiro atoms. The zero-order chi connectivity index (χ0) is 22.2. The lowest BCUT2D eigenvalue weighted by molar-refractivity contribution is 0.0511. The van der Waals surface area contributed by atoms with Gasteiger partial charge in [0.25, 0.3) is 5.88 Å².